The van der Waals surface area contributed by atoms with Crippen molar-refractivity contribution in [2.75, 3.05) is 0 Å². The molecule has 0 N–H and O–H groups in total. The first-order valence-electron chi connectivity index (χ1n) is 13.2. The van der Waals surface area contributed by atoms with Crippen LogP contribution in [0.25, 0.3) is 11.1 Å². The Kier molecular flexibility index (Phi) is 13.1. The van der Waals surface area contributed by atoms with E-state index in [0.29, 0.717) is 17.7 Å². The number of rotatable bonds is 16. The van der Waals surface area contributed by atoms with Crippen molar-refractivity contribution in [3.63, 3.8) is 0 Å². The summed E-state index contributed by atoms with van der Waals surface area (Å²) in [5, 5.41) is 0. The van der Waals surface area contributed by atoms with Crippen molar-refractivity contribution in [2.24, 2.45) is 0 Å². The van der Waals surface area contributed by atoms with E-state index in [-0.39, 0.29) is 18.0 Å². The highest BCUT2D eigenvalue weighted by Gasteiger charge is 2.11. The van der Waals surface area contributed by atoms with E-state index < -0.39 is 0 Å². The number of hydrogen-bond donors (Lipinski definition) is 0. The summed E-state index contributed by atoms with van der Waals surface area (Å²) in [5.74, 6) is 0.0941. The molecule has 0 aliphatic heterocycles. The predicted octanol–water partition coefficient (Wildman–Crippen LogP) is 8.53. The summed E-state index contributed by atoms with van der Waals surface area (Å²) >= 11 is 0. The lowest BCUT2D eigenvalue weighted by Crippen LogP contribution is -2.13. The van der Waals surface area contributed by atoms with Crippen LogP contribution in [0.1, 0.15) is 108 Å². The molecule has 0 amide bonds. The van der Waals surface area contributed by atoms with Gasteiger partial charge in [0.05, 0.1) is 11.7 Å². The number of hydrogen-bond acceptors (Lipinski definition) is 4. The zero-order valence-corrected chi connectivity index (χ0v) is 21.3. The van der Waals surface area contributed by atoms with Gasteiger partial charge in [-0.15, -0.1) is 0 Å². The van der Waals surface area contributed by atoms with Gasteiger partial charge in [0.2, 0.25) is 0 Å². The molecular weight excluding hydrogens is 424 g/mol. The van der Waals surface area contributed by atoms with Gasteiger partial charge in [0.25, 0.3) is 0 Å². The molecule has 1 atom stereocenters. The highest BCUT2D eigenvalue weighted by atomic mass is 16.5. The van der Waals surface area contributed by atoms with Crippen molar-refractivity contribution in [3.8, 4) is 16.9 Å². The lowest BCUT2D eigenvalue weighted by atomic mass is 10.0. The van der Waals surface area contributed by atoms with E-state index in [1.807, 2.05) is 50.2 Å². The minimum absolute atomic E-state index is 0.0902. The SMILES string of the molecule is CCCCCCCCCCCCC(=O)Oc1ccc(-c2ccc(C(=O)OC(C)CC)cc2)cc1. The average Bonchev–Trinajstić information content (AvgIpc) is 2.85. The van der Waals surface area contributed by atoms with Gasteiger partial charge in [0, 0.05) is 6.42 Å². The lowest BCUT2D eigenvalue weighted by Gasteiger charge is -2.11. The van der Waals surface area contributed by atoms with Gasteiger partial charge in [-0.3, -0.25) is 4.79 Å². The molecular formula is C30H42O4. The van der Waals surface area contributed by atoms with Crippen molar-refractivity contribution >= 4 is 11.9 Å². The second kappa shape index (κ2) is 16.1. The Hall–Kier alpha value is -2.62. The lowest BCUT2D eigenvalue weighted by molar-refractivity contribution is -0.134. The van der Waals surface area contributed by atoms with Crippen molar-refractivity contribution in [2.45, 2.75) is 104 Å². The van der Waals surface area contributed by atoms with Crippen molar-refractivity contribution < 1.29 is 19.1 Å². The Balaban J connectivity index is 1.68. The fourth-order valence-corrected chi connectivity index (χ4v) is 3.79. The second-order valence-electron chi connectivity index (χ2n) is 9.13. The van der Waals surface area contributed by atoms with Gasteiger partial charge in [0.1, 0.15) is 5.75 Å². The molecule has 0 aliphatic rings. The van der Waals surface area contributed by atoms with E-state index in [0.717, 1.165) is 30.4 Å². The minimum Gasteiger partial charge on any atom is -0.459 e. The number of carbonyl (C=O) groups is 2. The van der Waals surface area contributed by atoms with Gasteiger partial charge in [-0.2, -0.15) is 0 Å². The van der Waals surface area contributed by atoms with Crippen LogP contribution in [0.5, 0.6) is 5.75 Å². The van der Waals surface area contributed by atoms with E-state index in [1.165, 1.54) is 51.4 Å². The van der Waals surface area contributed by atoms with Crippen LogP contribution in [0.2, 0.25) is 0 Å². The fraction of sp³-hybridized carbons (Fsp3) is 0.533. The van der Waals surface area contributed by atoms with Crippen LogP contribution in [0.3, 0.4) is 0 Å². The quantitative estimate of drug-likeness (QED) is 0.141. The average molecular weight is 467 g/mol. The third kappa shape index (κ3) is 10.5. The summed E-state index contributed by atoms with van der Waals surface area (Å²) in [7, 11) is 0. The highest BCUT2D eigenvalue weighted by molar-refractivity contribution is 5.90. The monoisotopic (exact) mass is 466 g/mol. The zero-order chi connectivity index (χ0) is 24.6. The standard InChI is InChI=1S/C30H42O4/c1-4-6-7-8-9-10-11-12-13-14-15-29(31)34-28-22-20-26(21-23-28)25-16-18-27(19-17-25)30(32)33-24(3)5-2/h16-24H,4-15H2,1-3H3. The molecule has 0 heterocycles. The second-order valence-corrected chi connectivity index (χ2v) is 9.13. The van der Waals surface area contributed by atoms with Gasteiger partial charge in [-0.1, -0.05) is 95.9 Å². The molecule has 4 heteroatoms. The van der Waals surface area contributed by atoms with Crippen LogP contribution in [0.15, 0.2) is 48.5 Å². The molecule has 0 saturated heterocycles. The Morgan fingerprint density at radius 1 is 0.706 bits per heavy atom. The number of unbranched alkanes of at least 4 members (excludes halogenated alkanes) is 9. The van der Waals surface area contributed by atoms with Crippen LogP contribution >= 0.6 is 0 Å². The maximum atomic E-state index is 12.1. The summed E-state index contributed by atoms with van der Waals surface area (Å²) in [4.78, 5) is 24.3. The molecule has 0 spiro atoms. The Morgan fingerprint density at radius 2 is 1.21 bits per heavy atom. The number of esters is 2. The zero-order valence-electron chi connectivity index (χ0n) is 21.3. The Morgan fingerprint density at radius 3 is 1.74 bits per heavy atom. The summed E-state index contributed by atoms with van der Waals surface area (Å²) in [6.45, 7) is 6.12. The minimum atomic E-state index is -0.300. The normalized spacial score (nSPS) is 11.7. The third-order valence-electron chi connectivity index (χ3n) is 6.16. The predicted molar refractivity (Wildman–Crippen MR) is 139 cm³/mol. The molecule has 0 fully saturated rings. The van der Waals surface area contributed by atoms with Crippen LogP contribution in [-0.2, 0) is 9.53 Å². The summed E-state index contributed by atoms with van der Waals surface area (Å²) in [6.07, 6.45) is 13.6. The van der Waals surface area contributed by atoms with Crippen LogP contribution < -0.4 is 4.74 Å². The molecule has 0 radical (unpaired) electrons. The molecule has 34 heavy (non-hydrogen) atoms. The molecule has 0 saturated carbocycles. The smallest absolute Gasteiger partial charge is 0.338 e. The van der Waals surface area contributed by atoms with Gasteiger partial charge in [-0.05, 0) is 55.2 Å². The summed E-state index contributed by atoms with van der Waals surface area (Å²) < 4.78 is 10.9. The van der Waals surface area contributed by atoms with Crippen molar-refractivity contribution in [1.82, 2.24) is 0 Å². The van der Waals surface area contributed by atoms with E-state index >= 15 is 0 Å². The Bertz CT molecular complexity index is 839. The van der Waals surface area contributed by atoms with E-state index in [1.54, 1.807) is 12.1 Å². The summed E-state index contributed by atoms with van der Waals surface area (Å²) in [6, 6.07) is 14.8. The van der Waals surface area contributed by atoms with Gasteiger partial charge >= 0.3 is 11.9 Å². The van der Waals surface area contributed by atoms with Gasteiger partial charge in [0.15, 0.2) is 0 Å². The first-order chi connectivity index (χ1) is 16.5. The molecule has 4 nitrogen and oxygen atoms in total. The topological polar surface area (TPSA) is 52.6 Å². The third-order valence-corrected chi connectivity index (χ3v) is 6.16. The van der Waals surface area contributed by atoms with Crippen LogP contribution in [0, 0.1) is 0 Å². The van der Waals surface area contributed by atoms with E-state index in [4.69, 9.17) is 9.47 Å². The molecule has 2 rings (SSSR count). The first-order valence-corrected chi connectivity index (χ1v) is 13.2. The fourth-order valence-electron chi connectivity index (χ4n) is 3.79. The molecule has 0 bridgehead atoms. The number of benzene rings is 2. The first kappa shape index (κ1) is 27.6. The summed E-state index contributed by atoms with van der Waals surface area (Å²) in [5.41, 5.74) is 2.53. The molecule has 0 aliphatic carbocycles. The highest BCUT2D eigenvalue weighted by Crippen LogP contribution is 2.24. The van der Waals surface area contributed by atoms with Crippen molar-refractivity contribution in [3.05, 3.63) is 54.1 Å². The van der Waals surface area contributed by atoms with E-state index in [9.17, 15) is 9.59 Å². The van der Waals surface area contributed by atoms with Crippen LogP contribution in [-0.4, -0.2) is 18.0 Å². The largest absolute Gasteiger partial charge is 0.459 e. The molecule has 0 aromatic heterocycles. The maximum absolute atomic E-state index is 12.1. The molecule has 186 valence electrons. The van der Waals surface area contributed by atoms with Crippen molar-refractivity contribution in [1.29, 1.82) is 0 Å². The van der Waals surface area contributed by atoms with Gasteiger partial charge < -0.3 is 9.47 Å². The number of ether oxygens (including phenoxy) is 2. The molecule has 2 aromatic carbocycles. The molecule has 2 aromatic rings. The van der Waals surface area contributed by atoms with E-state index in [2.05, 4.69) is 6.92 Å². The Labute approximate surface area is 206 Å². The van der Waals surface area contributed by atoms with Crippen LogP contribution in [0.4, 0.5) is 0 Å². The van der Waals surface area contributed by atoms with Gasteiger partial charge in [-0.25, -0.2) is 4.79 Å². The number of carbonyl (C=O) groups excluding carboxylic acids is 2. The maximum Gasteiger partial charge on any atom is 0.338 e. The molecule has 1 unspecified atom stereocenters.